The number of nitrogens with two attached hydrogens (primary N) is 1. The summed E-state index contributed by atoms with van der Waals surface area (Å²) in [4.78, 5) is 29.7. The molecule has 138 valence electrons. The van der Waals surface area contributed by atoms with Gasteiger partial charge in [0.1, 0.15) is 0 Å². The molecule has 0 saturated heterocycles. The first-order chi connectivity index (χ1) is 12.6. The topological polar surface area (TPSA) is 94.3 Å². The molecule has 0 bridgehead atoms. The maximum absolute atomic E-state index is 12.6. The fraction of sp³-hybridized carbons (Fsp3) is 0.421. The molecule has 1 fully saturated rings. The molecule has 3 rings (SSSR count). The van der Waals surface area contributed by atoms with E-state index in [1.54, 1.807) is 0 Å². The van der Waals surface area contributed by atoms with Crippen LogP contribution in [0.4, 0.5) is 5.13 Å². The SMILES string of the molecule is COC(=O)Cc1sc(NC(=O)[C@@H]2CCC[C@@H]2CN)nc1-c1ccccc1. The summed E-state index contributed by atoms with van der Waals surface area (Å²) in [5.74, 6) is -0.190. The predicted molar refractivity (Wildman–Crippen MR) is 102 cm³/mol. The lowest BCUT2D eigenvalue weighted by molar-refractivity contribution is -0.139. The number of hydrogen-bond acceptors (Lipinski definition) is 6. The van der Waals surface area contributed by atoms with E-state index in [0.29, 0.717) is 17.4 Å². The Kier molecular flexibility index (Phi) is 6.00. The van der Waals surface area contributed by atoms with Crippen molar-refractivity contribution in [2.24, 2.45) is 17.6 Å². The maximum Gasteiger partial charge on any atom is 0.310 e. The Labute approximate surface area is 156 Å². The van der Waals surface area contributed by atoms with Gasteiger partial charge in [-0.05, 0) is 25.3 Å². The molecule has 1 aromatic heterocycles. The van der Waals surface area contributed by atoms with Crippen LogP contribution in [0.1, 0.15) is 24.1 Å². The molecular weight excluding hydrogens is 350 g/mol. The Morgan fingerprint density at radius 3 is 2.77 bits per heavy atom. The number of nitrogens with one attached hydrogen (secondary N) is 1. The van der Waals surface area contributed by atoms with Crippen molar-refractivity contribution in [3.05, 3.63) is 35.2 Å². The molecule has 7 heteroatoms. The highest BCUT2D eigenvalue weighted by Gasteiger charge is 2.32. The molecule has 1 aliphatic rings. The van der Waals surface area contributed by atoms with Gasteiger partial charge in [0.05, 0.1) is 19.2 Å². The van der Waals surface area contributed by atoms with Crippen molar-refractivity contribution in [2.45, 2.75) is 25.7 Å². The van der Waals surface area contributed by atoms with E-state index < -0.39 is 0 Å². The zero-order chi connectivity index (χ0) is 18.5. The second-order valence-electron chi connectivity index (χ2n) is 6.43. The van der Waals surface area contributed by atoms with Crippen LogP contribution >= 0.6 is 11.3 Å². The molecule has 3 N–H and O–H groups in total. The van der Waals surface area contributed by atoms with Crippen LogP contribution in [0.25, 0.3) is 11.3 Å². The predicted octanol–water partition coefficient (Wildman–Crippen LogP) is 2.84. The van der Waals surface area contributed by atoms with E-state index in [0.717, 1.165) is 29.7 Å². The Hall–Kier alpha value is -2.25. The highest BCUT2D eigenvalue weighted by atomic mass is 32.1. The van der Waals surface area contributed by atoms with Gasteiger partial charge in [0.25, 0.3) is 0 Å². The second kappa shape index (κ2) is 8.42. The van der Waals surface area contributed by atoms with E-state index >= 15 is 0 Å². The molecular formula is C19H23N3O3S. The molecule has 1 aromatic carbocycles. The quantitative estimate of drug-likeness (QED) is 0.759. The summed E-state index contributed by atoms with van der Waals surface area (Å²) in [6.45, 7) is 0.527. The number of hydrogen-bond donors (Lipinski definition) is 2. The van der Waals surface area contributed by atoms with Crippen molar-refractivity contribution < 1.29 is 14.3 Å². The van der Waals surface area contributed by atoms with Gasteiger partial charge in [-0.3, -0.25) is 9.59 Å². The van der Waals surface area contributed by atoms with Crippen LogP contribution in [-0.2, 0) is 20.7 Å². The first kappa shape index (κ1) is 18.5. The molecule has 0 radical (unpaired) electrons. The number of nitrogens with zero attached hydrogens (tertiary/aromatic N) is 1. The summed E-state index contributed by atoms with van der Waals surface area (Å²) in [6, 6.07) is 9.62. The molecule has 0 unspecified atom stereocenters. The van der Waals surface area contributed by atoms with Gasteiger partial charge < -0.3 is 15.8 Å². The average molecular weight is 373 g/mol. The summed E-state index contributed by atoms with van der Waals surface area (Å²) in [5, 5.41) is 3.44. The number of carbonyl (C=O) groups is 2. The minimum atomic E-state index is -0.331. The summed E-state index contributed by atoms with van der Waals surface area (Å²) in [7, 11) is 1.36. The van der Waals surface area contributed by atoms with Crippen molar-refractivity contribution in [1.82, 2.24) is 4.98 Å². The number of ether oxygens (including phenoxy) is 1. The largest absolute Gasteiger partial charge is 0.469 e. The van der Waals surface area contributed by atoms with Crippen LogP contribution in [-0.4, -0.2) is 30.5 Å². The number of amides is 1. The summed E-state index contributed by atoms with van der Waals surface area (Å²) in [6.07, 6.45) is 3.01. The third-order valence-corrected chi connectivity index (χ3v) is 5.78. The molecule has 1 amide bonds. The van der Waals surface area contributed by atoms with E-state index in [1.807, 2.05) is 30.3 Å². The third-order valence-electron chi connectivity index (χ3n) is 4.81. The monoisotopic (exact) mass is 373 g/mol. The van der Waals surface area contributed by atoms with Gasteiger partial charge in [-0.15, -0.1) is 11.3 Å². The van der Waals surface area contributed by atoms with E-state index in [-0.39, 0.29) is 30.1 Å². The highest BCUT2D eigenvalue weighted by Crippen LogP contribution is 2.35. The highest BCUT2D eigenvalue weighted by molar-refractivity contribution is 7.16. The average Bonchev–Trinajstić information content (AvgIpc) is 3.29. The van der Waals surface area contributed by atoms with Gasteiger partial charge in [-0.25, -0.2) is 4.98 Å². The van der Waals surface area contributed by atoms with E-state index in [9.17, 15) is 9.59 Å². The van der Waals surface area contributed by atoms with E-state index in [1.165, 1.54) is 18.4 Å². The van der Waals surface area contributed by atoms with Crippen molar-refractivity contribution in [3.63, 3.8) is 0 Å². The van der Waals surface area contributed by atoms with Crippen molar-refractivity contribution in [2.75, 3.05) is 19.0 Å². The van der Waals surface area contributed by atoms with Crippen LogP contribution in [0.2, 0.25) is 0 Å². The molecule has 6 nitrogen and oxygen atoms in total. The Morgan fingerprint density at radius 1 is 1.31 bits per heavy atom. The number of thiazole rings is 1. The number of rotatable bonds is 6. The number of aromatic nitrogens is 1. The number of benzene rings is 1. The lowest BCUT2D eigenvalue weighted by Crippen LogP contribution is -2.29. The molecule has 26 heavy (non-hydrogen) atoms. The van der Waals surface area contributed by atoms with Crippen LogP contribution in [0.3, 0.4) is 0 Å². The zero-order valence-corrected chi connectivity index (χ0v) is 15.6. The van der Waals surface area contributed by atoms with Crippen molar-refractivity contribution in [3.8, 4) is 11.3 Å². The standard InChI is InChI=1S/C19H23N3O3S/c1-25-16(23)10-15-17(12-6-3-2-4-7-12)21-19(26-15)22-18(24)14-9-5-8-13(14)11-20/h2-4,6-7,13-14H,5,8-11,20H2,1H3,(H,21,22,24)/t13-,14-/m1/s1. The van der Waals surface area contributed by atoms with Crippen molar-refractivity contribution in [1.29, 1.82) is 0 Å². The maximum atomic E-state index is 12.6. The number of esters is 1. The molecule has 1 aliphatic carbocycles. The fourth-order valence-electron chi connectivity index (χ4n) is 3.41. The molecule has 1 saturated carbocycles. The first-order valence-electron chi connectivity index (χ1n) is 8.75. The third kappa shape index (κ3) is 4.11. The van der Waals surface area contributed by atoms with E-state index in [2.05, 4.69) is 10.3 Å². The van der Waals surface area contributed by atoms with Crippen LogP contribution < -0.4 is 11.1 Å². The van der Waals surface area contributed by atoms with Crippen LogP contribution in [0.5, 0.6) is 0 Å². The Bertz CT molecular complexity index is 776. The van der Waals surface area contributed by atoms with Gasteiger partial charge >= 0.3 is 5.97 Å². The lowest BCUT2D eigenvalue weighted by atomic mass is 9.95. The van der Waals surface area contributed by atoms with Crippen LogP contribution in [0, 0.1) is 11.8 Å². The minimum Gasteiger partial charge on any atom is -0.469 e. The summed E-state index contributed by atoms with van der Waals surface area (Å²) >= 11 is 1.32. The summed E-state index contributed by atoms with van der Waals surface area (Å²) in [5.41, 5.74) is 7.40. The van der Waals surface area contributed by atoms with Crippen LogP contribution in [0.15, 0.2) is 30.3 Å². The molecule has 0 aliphatic heterocycles. The Morgan fingerprint density at radius 2 is 2.08 bits per heavy atom. The second-order valence-corrected chi connectivity index (χ2v) is 7.52. The first-order valence-corrected chi connectivity index (χ1v) is 9.57. The molecule has 1 heterocycles. The smallest absolute Gasteiger partial charge is 0.310 e. The van der Waals surface area contributed by atoms with Gasteiger partial charge in [0.2, 0.25) is 5.91 Å². The number of methoxy groups -OCH3 is 1. The van der Waals surface area contributed by atoms with Gasteiger partial charge in [0.15, 0.2) is 5.13 Å². The fourth-order valence-corrected chi connectivity index (χ4v) is 4.38. The summed E-state index contributed by atoms with van der Waals surface area (Å²) < 4.78 is 4.78. The van der Waals surface area contributed by atoms with Gasteiger partial charge in [-0.2, -0.15) is 0 Å². The number of carbonyl (C=O) groups excluding carboxylic acids is 2. The molecule has 2 atom stereocenters. The minimum absolute atomic E-state index is 0.0315. The Balaban J connectivity index is 1.83. The normalized spacial score (nSPS) is 19.3. The van der Waals surface area contributed by atoms with Crippen molar-refractivity contribution >= 4 is 28.3 Å². The molecule has 2 aromatic rings. The lowest BCUT2D eigenvalue weighted by Gasteiger charge is -2.16. The number of anilines is 1. The molecule has 0 spiro atoms. The van der Waals surface area contributed by atoms with E-state index in [4.69, 9.17) is 10.5 Å². The van der Waals surface area contributed by atoms with Gasteiger partial charge in [0, 0.05) is 16.4 Å². The zero-order valence-electron chi connectivity index (χ0n) is 14.7. The van der Waals surface area contributed by atoms with Gasteiger partial charge in [-0.1, -0.05) is 36.8 Å².